The fourth-order valence-electron chi connectivity index (χ4n) is 3.21. The van der Waals surface area contributed by atoms with Gasteiger partial charge in [-0.2, -0.15) is 5.26 Å². The molecule has 0 bridgehead atoms. The van der Waals surface area contributed by atoms with Gasteiger partial charge in [0.15, 0.2) is 0 Å². The van der Waals surface area contributed by atoms with Gasteiger partial charge in [0.25, 0.3) is 11.8 Å². The first kappa shape index (κ1) is 18.8. The third-order valence-electron chi connectivity index (χ3n) is 4.36. The van der Waals surface area contributed by atoms with Gasteiger partial charge in [0.1, 0.15) is 6.04 Å². The average Bonchev–Trinajstić information content (AvgIpc) is 3.23. The molecule has 0 aliphatic carbocycles. The second-order valence-corrected chi connectivity index (χ2v) is 8.22. The lowest BCUT2D eigenvalue weighted by Gasteiger charge is -2.38. The van der Waals surface area contributed by atoms with Crippen molar-refractivity contribution in [3.8, 4) is 6.07 Å². The van der Waals surface area contributed by atoms with E-state index in [0.717, 1.165) is 4.90 Å². The van der Waals surface area contributed by atoms with Gasteiger partial charge in [0.05, 0.1) is 28.6 Å². The zero-order valence-corrected chi connectivity index (χ0v) is 16.1. The van der Waals surface area contributed by atoms with Crippen molar-refractivity contribution in [3.05, 3.63) is 52.2 Å². The van der Waals surface area contributed by atoms with Crippen LogP contribution in [0, 0.1) is 11.3 Å². The van der Waals surface area contributed by atoms with Crippen molar-refractivity contribution in [2.24, 2.45) is 0 Å². The lowest BCUT2D eigenvalue weighted by Crippen LogP contribution is -2.54. The number of benzene rings is 1. The largest absolute Gasteiger partial charge is 0.321 e. The molecule has 7 heteroatoms. The highest BCUT2D eigenvalue weighted by molar-refractivity contribution is 7.12. The van der Waals surface area contributed by atoms with Gasteiger partial charge in [-0.1, -0.05) is 6.07 Å². The summed E-state index contributed by atoms with van der Waals surface area (Å²) in [4.78, 5) is 41.9. The third-order valence-corrected chi connectivity index (χ3v) is 5.22. The van der Waals surface area contributed by atoms with E-state index in [1.807, 2.05) is 26.8 Å². The molecular formula is C20H19N3O3S. The van der Waals surface area contributed by atoms with Crippen LogP contribution >= 0.6 is 11.3 Å². The maximum absolute atomic E-state index is 13.1. The van der Waals surface area contributed by atoms with E-state index < -0.39 is 17.5 Å². The Morgan fingerprint density at radius 1 is 1.22 bits per heavy atom. The molecule has 1 unspecified atom stereocenters. The van der Waals surface area contributed by atoms with Gasteiger partial charge in [0.2, 0.25) is 5.91 Å². The minimum atomic E-state index is -0.859. The topological polar surface area (TPSA) is 81.5 Å². The number of hydrogen-bond acceptors (Lipinski definition) is 5. The summed E-state index contributed by atoms with van der Waals surface area (Å²) >= 11 is 1.31. The molecular weight excluding hydrogens is 362 g/mol. The van der Waals surface area contributed by atoms with Crippen LogP contribution in [0.3, 0.4) is 0 Å². The Morgan fingerprint density at radius 3 is 2.41 bits per heavy atom. The summed E-state index contributed by atoms with van der Waals surface area (Å²) in [5.74, 6) is -1.04. The monoisotopic (exact) mass is 381 g/mol. The van der Waals surface area contributed by atoms with E-state index in [-0.39, 0.29) is 18.2 Å². The van der Waals surface area contributed by atoms with E-state index in [2.05, 4.69) is 0 Å². The summed E-state index contributed by atoms with van der Waals surface area (Å²) < 4.78 is 0. The molecule has 1 aliphatic heterocycles. The predicted molar refractivity (Wildman–Crippen MR) is 102 cm³/mol. The molecule has 0 saturated carbocycles. The maximum Gasteiger partial charge on any atom is 0.265 e. The van der Waals surface area contributed by atoms with Crippen molar-refractivity contribution in [3.63, 3.8) is 0 Å². The summed E-state index contributed by atoms with van der Waals surface area (Å²) in [5.41, 5.74) is 0.213. The number of nitriles is 1. The van der Waals surface area contributed by atoms with Crippen molar-refractivity contribution in [1.82, 2.24) is 4.90 Å². The van der Waals surface area contributed by atoms with Crippen LogP contribution in [0.2, 0.25) is 0 Å². The number of anilines is 1. The van der Waals surface area contributed by atoms with E-state index in [1.54, 1.807) is 41.8 Å². The predicted octanol–water partition coefficient (Wildman–Crippen LogP) is 3.19. The normalized spacial score (nSPS) is 17.1. The second-order valence-electron chi connectivity index (χ2n) is 7.27. The van der Waals surface area contributed by atoms with Gasteiger partial charge in [-0.15, -0.1) is 11.3 Å². The molecule has 2 aromatic rings. The molecule has 6 nitrogen and oxygen atoms in total. The van der Waals surface area contributed by atoms with Gasteiger partial charge in [-0.25, -0.2) is 4.90 Å². The molecule has 1 saturated heterocycles. The van der Waals surface area contributed by atoms with E-state index >= 15 is 0 Å². The Kier molecular flexibility index (Phi) is 4.85. The number of carbonyl (C=O) groups excluding carboxylic acids is 3. The molecule has 0 spiro atoms. The minimum absolute atomic E-state index is 0.0623. The minimum Gasteiger partial charge on any atom is -0.321 e. The molecule has 2 heterocycles. The molecule has 1 aliphatic rings. The number of amides is 3. The van der Waals surface area contributed by atoms with Crippen LogP contribution in [-0.4, -0.2) is 34.2 Å². The van der Waals surface area contributed by atoms with Crippen molar-refractivity contribution in [2.75, 3.05) is 4.90 Å². The lowest BCUT2D eigenvalue weighted by molar-refractivity contribution is -0.123. The van der Waals surface area contributed by atoms with Crippen LogP contribution in [0.5, 0.6) is 0 Å². The first-order chi connectivity index (χ1) is 12.7. The highest BCUT2D eigenvalue weighted by Gasteiger charge is 2.47. The number of imide groups is 1. The standard InChI is InChI=1S/C20H19N3O3S/c1-20(2,3)23(19(26)16-5-4-10-27-16)15-11-17(24)22(18(15)25)14-8-6-13(12-21)7-9-14/h4-10,15H,11H2,1-3H3. The maximum atomic E-state index is 13.1. The van der Waals surface area contributed by atoms with E-state index in [0.29, 0.717) is 16.1 Å². The van der Waals surface area contributed by atoms with Crippen molar-refractivity contribution < 1.29 is 14.4 Å². The first-order valence-electron chi connectivity index (χ1n) is 8.48. The Labute approximate surface area is 161 Å². The molecule has 3 amide bonds. The number of rotatable bonds is 3. The van der Waals surface area contributed by atoms with E-state index in [1.165, 1.54) is 16.2 Å². The number of thiophene rings is 1. The number of hydrogen-bond donors (Lipinski definition) is 0. The van der Waals surface area contributed by atoms with Crippen molar-refractivity contribution in [1.29, 1.82) is 5.26 Å². The SMILES string of the molecule is CC(C)(C)N(C(=O)c1cccs1)C1CC(=O)N(c2ccc(C#N)cc2)C1=O. The number of carbonyl (C=O) groups is 3. The molecule has 1 atom stereocenters. The Balaban J connectivity index is 1.95. The summed E-state index contributed by atoms with van der Waals surface area (Å²) in [6, 6.07) is 10.9. The first-order valence-corrected chi connectivity index (χ1v) is 9.36. The molecule has 1 aromatic carbocycles. The molecule has 1 fully saturated rings. The fraction of sp³-hybridized carbons (Fsp3) is 0.300. The van der Waals surface area contributed by atoms with Gasteiger partial charge in [-0.3, -0.25) is 14.4 Å². The van der Waals surface area contributed by atoms with Crippen LogP contribution < -0.4 is 4.90 Å². The second kappa shape index (κ2) is 6.97. The summed E-state index contributed by atoms with van der Waals surface area (Å²) in [7, 11) is 0. The molecule has 3 rings (SSSR count). The van der Waals surface area contributed by atoms with E-state index in [4.69, 9.17) is 5.26 Å². The van der Waals surface area contributed by atoms with Gasteiger partial charge >= 0.3 is 0 Å². The number of nitrogens with zero attached hydrogens (tertiary/aromatic N) is 3. The van der Waals surface area contributed by atoms with Crippen LogP contribution in [0.25, 0.3) is 0 Å². The molecule has 138 valence electrons. The quantitative estimate of drug-likeness (QED) is 0.765. The highest BCUT2D eigenvalue weighted by Crippen LogP contribution is 2.31. The smallest absolute Gasteiger partial charge is 0.265 e. The molecule has 0 N–H and O–H groups in total. The Morgan fingerprint density at radius 2 is 1.89 bits per heavy atom. The Hall–Kier alpha value is -2.98. The third kappa shape index (κ3) is 3.49. The average molecular weight is 381 g/mol. The Bertz CT molecular complexity index is 921. The van der Waals surface area contributed by atoms with E-state index in [9.17, 15) is 14.4 Å². The summed E-state index contributed by atoms with van der Waals surface area (Å²) in [5, 5.41) is 10.7. The van der Waals surface area contributed by atoms with Crippen LogP contribution in [0.1, 0.15) is 42.4 Å². The molecule has 0 radical (unpaired) electrons. The lowest BCUT2D eigenvalue weighted by atomic mass is 10.0. The van der Waals surface area contributed by atoms with Gasteiger partial charge in [-0.05, 0) is 56.5 Å². The zero-order valence-electron chi connectivity index (χ0n) is 15.3. The fourth-order valence-corrected chi connectivity index (χ4v) is 3.87. The zero-order chi connectivity index (χ0) is 19.8. The molecule has 27 heavy (non-hydrogen) atoms. The van der Waals surface area contributed by atoms with Crippen LogP contribution in [0.15, 0.2) is 41.8 Å². The van der Waals surface area contributed by atoms with Crippen LogP contribution in [0.4, 0.5) is 5.69 Å². The van der Waals surface area contributed by atoms with Crippen molar-refractivity contribution in [2.45, 2.75) is 38.8 Å². The summed E-state index contributed by atoms with van der Waals surface area (Å²) in [6.07, 6.45) is -0.0623. The van der Waals surface area contributed by atoms with Crippen LogP contribution in [-0.2, 0) is 9.59 Å². The highest BCUT2D eigenvalue weighted by atomic mass is 32.1. The van der Waals surface area contributed by atoms with Crippen molar-refractivity contribution >= 4 is 34.7 Å². The van der Waals surface area contributed by atoms with Gasteiger partial charge < -0.3 is 4.90 Å². The molecule has 1 aromatic heterocycles. The van der Waals surface area contributed by atoms with Gasteiger partial charge in [0, 0.05) is 5.54 Å². The summed E-state index contributed by atoms with van der Waals surface area (Å²) in [6.45, 7) is 5.54.